The third-order valence-electron chi connectivity index (χ3n) is 10.8. The van der Waals surface area contributed by atoms with Crippen LogP contribution in [0.15, 0.2) is 133 Å². The Morgan fingerprint density at radius 2 is 0.729 bits per heavy atom. The molecule has 2 aliphatic heterocycles. The highest BCUT2D eigenvalue weighted by Gasteiger charge is 2.39. The summed E-state index contributed by atoms with van der Waals surface area (Å²) < 4.78 is 4.79. The van der Waals surface area contributed by atoms with E-state index in [1.807, 2.05) is 0 Å². The highest BCUT2D eigenvalue weighted by Crippen LogP contribution is 2.48. The topological polar surface area (TPSA) is 35.6 Å². The molecule has 8 aromatic rings. The van der Waals surface area contributed by atoms with E-state index in [9.17, 15) is 0 Å². The Bertz CT molecular complexity index is 2410. The summed E-state index contributed by atoms with van der Waals surface area (Å²) in [7, 11) is 0. The van der Waals surface area contributed by atoms with Gasteiger partial charge in [-0.2, -0.15) is 0 Å². The zero-order valence-electron chi connectivity index (χ0n) is 27.5. The van der Waals surface area contributed by atoms with Crippen molar-refractivity contribution < 1.29 is 0 Å². The van der Waals surface area contributed by atoms with E-state index < -0.39 is 0 Å². The summed E-state index contributed by atoms with van der Waals surface area (Å²) in [5.74, 6) is 2.12. The van der Waals surface area contributed by atoms with Gasteiger partial charge in [-0.1, -0.05) is 97.1 Å². The Labute approximate surface area is 280 Å². The van der Waals surface area contributed by atoms with Crippen LogP contribution in [0.1, 0.15) is 38.8 Å². The van der Waals surface area contributed by atoms with Gasteiger partial charge in [0.05, 0.1) is 33.1 Å². The number of hydrogen-bond donors (Lipinski definition) is 0. The fraction of sp³-hybridized carbons (Fsp3) is 0.136. The highest BCUT2D eigenvalue weighted by molar-refractivity contribution is 5.88. The first kappa shape index (κ1) is 27.4. The number of benzene rings is 6. The molecule has 2 aromatic heterocycles. The van der Waals surface area contributed by atoms with Crippen molar-refractivity contribution in [2.45, 2.75) is 38.8 Å². The van der Waals surface area contributed by atoms with Gasteiger partial charge >= 0.3 is 0 Å². The van der Waals surface area contributed by atoms with Gasteiger partial charge in [0.1, 0.15) is 11.6 Å². The fourth-order valence-electron chi connectivity index (χ4n) is 8.35. The minimum Gasteiger partial charge on any atom is -0.314 e. The summed E-state index contributed by atoms with van der Waals surface area (Å²) in [5, 5.41) is 0. The number of nitrogens with zero attached hydrogens (tertiary/aromatic N) is 4. The number of fused-ring (bicyclic) bond motifs is 10. The van der Waals surface area contributed by atoms with Crippen molar-refractivity contribution in [2.24, 2.45) is 0 Å². The van der Waals surface area contributed by atoms with Crippen LogP contribution in [0.3, 0.4) is 0 Å². The first-order valence-electron chi connectivity index (χ1n) is 16.8. The lowest BCUT2D eigenvalue weighted by Gasteiger charge is -2.24. The van der Waals surface area contributed by atoms with Gasteiger partial charge in [-0.15, -0.1) is 0 Å². The summed E-state index contributed by atoms with van der Waals surface area (Å²) >= 11 is 0. The summed E-state index contributed by atoms with van der Waals surface area (Å²) in [6.45, 7) is 9.20. The molecule has 4 nitrogen and oxygen atoms in total. The number of rotatable bonds is 3. The van der Waals surface area contributed by atoms with Crippen molar-refractivity contribution in [3.8, 4) is 56.2 Å². The van der Waals surface area contributed by atoms with Gasteiger partial charge in [-0.3, -0.25) is 0 Å². The van der Waals surface area contributed by atoms with E-state index in [0.717, 1.165) is 22.7 Å². The van der Waals surface area contributed by atoms with Gasteiger partial charge in [0.25, 0.3) is 0 Å². The van der Waals surface area contributed by atoms with Crippen LogP contribution in [0.2, 0.25) is 0 Å². The molecule has 6 aromatic carbocycles. The minimum absolute atomic E-state index is 0.177. The molecule has 0 aliphatic carbocycles. The molecular formula is C44H34N4. The number of imidazole rings is 2. The van der Waals surface area contributed by atoms with E-state index in [0.29, 0.717) is 0 Å². The zero-order chi connectivity index (χ0) is 32.4. The van der Waals surface area contributed by atoms with Crippen LogP contribution in [0.25, 0.3) is 78.2 Å². The van der Waals surface area contributed by atoms with Crippen LogP contribution in [-0.4, -0.2) is 19.1 Å². The van der Waals surface area contributed by atoms with Gasteiger partial charge in [-0.05, 0) is 109 Å². The van der Waals surface area contributed by atoms with E-state index >= 15 is 0 Å². The zero-order valence-corrected chi connectivity index (χ0v) is 27.5. The van der Waals surface area contributed by atoms with E-state index in [-0.39, 0.29) is 11.1 Å². The third kappa shape index (κ3) is 3.66. The molecule has 0 N–H and O–H groups in total. The standard InChI is InChI=1S/C44H34N4/c1-43(2)35-25-31(21-23-33(35)41-45-37-9-5-7-11-39(37)47(41)43)29-17-13-27(14-18-29)28-15-19-30(20-16-28)32-22-24-34-36(26-32)44(3,4)48-40-12-8-6-10-38(40)46-42(34)48/h5-26H,1-4H3. The van der Waals surface area contributed by atoms with Gasteiger partial charge < -0.3 is 9.13 Å². The summed E-state index contributed by atoms with van der Waals surface area (Å²) in [6.07, 6.45) is 0. The second-order valence-corrected chi connectivity index (χ2v) is 14.3. The number of hydrogen-bond acceptors (Lipinski definition) is 2. The summed E-state index contributed by atoms with van der Waals surface area (Å²) in [5.41, 5.74) is 16.5. The maximum Gasteiger partial charge on any atom is 0.142 e. The first-order chi connectivity index (χ1) is 23.3. The lowest BCUT2D eigenvalue weighted by molar-refractivity contribution is 0.474. The first-order valence-corrected chi connectivity index (χ1v) is 16.8. The Hall–Kier alpha value is -5.74. The van der Waals surface area contributed by atoms with Gasteiger partial charge in [0, 0.05) is 11.1 Å². The molecule has 4 heterocycles. The molecular weight excluding hydrogens is 585 g/mol. The summed E-state index contributed by atoms with van der Waals surface area (Å²) in [6, 6.07) is 48.5. The molecule has 10 rings (SSSR count). The van der Waals surface area contributed by atoms with Crippen molar-refractivity contribution in [3.05, 3.63) is 145 Å². The van der Waals surface area contributed by atoms with E-state index in [1.165, 1.54) is 66.7 Å². The van der Waals surface area contributed by atoms with E-state index in [2.05, 4.69) is 170 Å². The second kappa shape index (κ2) is 9.42. The maximum atomic E-state index is 5.00. The lowest BCUT2D eigenvalue weighted by atomic mass is 9.89. The Kier molecular flexibility index (Phi) is 5.37. The molecule has 0 atom stereocenters. The fourth-order valence-corrected chi connectivity index (χ4v) is 8.35. The summed E-state index contributed by atoms with van der Waals surface area (Å²) in [4.78, 5) is 10.0. The van der Waals surface area contributed by atoms with Crippen molar-refractivity contribution in [3.63, 3.8) is 0 Å². The van der Waals surface area contributed by atoms with Crippen LogP contribution in [0.4, 0.5) is 0 Å². The molecule has 0 radical (unpaired) electrons. The molecule has 48 heavy (non-hydrogen) atoms. The van der Waals surface area contributed by atoms with Crippen LogP contribution < -0.4 is 0 Å². The quantitative estimate of drug-likeness (QED) is 0.197. The average Bonchev–Trinajstić information content (AvgIpc) is 3.82. The van der Waals surface area contributed by atoms with E-state index in [1.54, 1.807) is 0 Å². The minimum atomic E-state index is -0.177. The average molecular weight is 619 g/mol. The normalized spacial score (nSPS) is 15.0. The Morgan fingerprint density at radius 3 is 1.12 bits per heavy atom. The lowest BCUT2D eigenvalue weighted by Crippen LogP contribution is -2.23. The van der Waals surface area contributed by atoms with Gasteiger partial charge in [0.2, 0.25) is 0 Å². The molecule has 230 valence electrons. The molecule has 0 unspecified atom stereocenters. The SMILES string of the molecule is CC1(C)c2cc(-c3ccc(-c4ccc(-c5ccc6c(c5)C(C)(C)n5c-6nc6ccccc65)cc4)cc3)ccc2-c2nc3ccccc3n21. The molecule has 0 saturated carbocycles. The monoisotopic (exact) mass is 618 g/mol. The van der Waals surface area contributed by atoms with Crippen LogP contribution in [-0.2, 0) is 11.1 Å². The van der Waals surface area contributed by atoms with Crippen LogP contribution in [0.5, 0.6) is 0 Å². The predicted octanol–water partition coefficient (Wildman–Crippen LogP) is 10.9. The second-order valence-electron chi connectivity index (χ2n) is 14.3. The Morgan fingerprint density at radius 1 is 0.396 bits per heavy atom. The predicted molar refractivity (Wildman–Crippen MR) is 197 cm³/mol. The van der Waals surface area contributed by atoms with Crippen LogP contribution >= 0.6 is 0 Å². The maximum absolute atomic E-state index is 5.00. The molecule has 4 heteroatoms. The van der Waals surface area contributed by atoms with Crippen molar-refractivity contribution in [1.82, 2.24) is 19.1 Å². The van der Waals surface area contributed by atoms with Crippen LogP contribution in [0, 0.1) is 0 Å². The van der Waals surface area contributed by atoms with Gasteiger partial charge in [-0.25, -0.2) is 9.97 Å². The van der Waals surface area contributed by atoms with Crippen molar-refractivity contribution in [1.29, 1.82) is 0 Å². The van der Waals surface area contributed by atoms with Crippen molar-refractivity contribution >= 4 is 22.1 Å². The molecule has 0 bridgehead atoms. The Balaban J connectivity index is 0.930. The smallest absolute Gasteiger partial charge is 0.142 e. The molecule has 0 fully saturated rings. The molecule has 0 saturated heterocycles. The van der Waals surface area contributed by atoms with Gasteiger partial charge in [0.15, 0.2) is 0 Å². The molecule has 0 amide bonds. The van der Waals surface area contributed by atoms with E-state index in [4.69, 9.17) is 9.97 Å². The largest absolute Gasteiger partial charge is 0.314 e. The van der Waals surface area contributed by atoms with Crippen molar-refractivity contribution in [2.75, 3.05) is 0 Å². The highest BCUT2D eigenvalue weighted by atomic mass is 15.2. The number of aromatic nitrogens is 4. The number of para-hydroxylation sites is 4. The third-order valence-corrected chi connectivity index (χ3v) is 10.8. The molecule has 0 spiro atoms. The molecule has 2 aliphatic rings.